The molecule has 1 aromatic heterocycles. The summed E-state index contributed by atoms with van der Waals surface area (Å²) in [5, 5.41) is 4.17. The number of piperidine rings is 1. The highest BCUT2D eigenvalue weighted by atomic mass is 16.1. The van der Waals surface area contributed by atoms with Gasteiger partial charge in [0.1, 0.15) is 0 Å². The number of pyridine rings is 1. The fourth-order valence-corrected chi connectivity index (χ4v) is 4.18. The van der Waals surface area contributed by atoms with Crippen molar-refractivity contribution >= 4 is 16.8 Å². The summed E-state index contributed by atoms with van der Waals surface area (Å²) in [6.45, 7) is 4.97. The first-order chi connectivity index (χ1) is 14.6. The molecule has 3 aromatic rings. The van der Waals surface area contributed by atoms with Gasteiger partial charge in [-0.15, -0.1) is 0 Å². The second kappa shape index (κ2) is 9.26. The van der Waals surface area contributed by atoms with E-state index in [1.54, 1.807) is 0 Å². The summed E-state index contributed by atoms with van der Waals surface area (Å²) in [7, 11) is 0. The van der Waals surface area contributed by atoms with E-state index in [0.717, 1.165) is 48.9 Å². The molecule has 0 atom stereocenters. The van der Waals surface area contributed by atoms with Crippen LogP contribution in [0.2, 0.25) is 0 Å². The highest BCUT2D eigenvalue weighted by molar-refractivity contribution is 5.80. The lowest BCUT2D eigenvalue weighted by Gasteiger charge is -2.32. The summed E-state index contributed by atoms with van der Waals surface area (Å²) in [6, 6.07) is 18.6. The number of aromatic nitrogens is 1. The first-order valence-electron chi connectivity index (χ1n) is 10.7. The number of aryl methyl sites for hydroxylation is 2. The third-order valence-corrected chi connectivity index (χ3v) is 5.90. The zero-order chi connectivity index (χ0) is 20.9. The van der Waals surface area contributed by atoms with Crippen LogP contribution in [0.25, 0.3) is 10.9 Å². The molecular weight excluding hydrogens is 374 g/mol. The summed E-state index contributed by atoms with van der Waals surface area (Å²) >= 11 is 0. The monoisotopic (exact) mass is 403 g/mol. The van der Waals surface area contributed by atoms with Crippen LogP contribution in [0, 0.1) is 6.92 Å². The minimum absolute atomic E-state index is 0.0280. The van der Waals surface area contributed by atoms with Crippen molar-refractivity contribution in [3.8, 4) is 0 Å². The van der Waals surface area contributed by atoms with Gasteiger partial charge in [-0.2, -0.15) is 0 Å². The largest absolute Gasteiger partial charge is 0.353 e. The summed E-state index contributed by atoms with van der Waals surface area (Å²) in [5.74, 6) is 0.0280. The van der Waals surface area contributed by atoms with E-state index in [0.29, 0.717) is 18.4 Å². The molecular formula is C25H29N3O2. The van der Waals surface area contributed by atoms with Crippen LogP contribution in [0.3, 0.4) is 0 Å². The van der Waals surface area contributed by atoms with Crippen LogP contribution in [-0.2, 0) is 17.8 Å². The van der Waals surface area contributed by atoms with Gasteiger partial charge in [0.2, 0.25) is 5.91 Å². The van der Waals surface area contributed by atoms with Gasteiger partial charge in [-0.3, -0.25) is 14.5 Å². The molecule has 2 heterocycles. The van der Waals surface area contributed by atoms with Crippen molar-refractivity contribution in [2.24, 2.45) is 0 Å². The van der Waals surface area contributed by atoms with Gasteiger partial charge in [0.15, 0.2) is 0 Å². The summed E-state index contributed by atoms with van der Waals surface area (Å²) in [4.78, 5) is 30.1. The Morgan fingerprint density at radius 1 is 1.10 bits per heavy atom. The molecule has 0 saturated carbocycles. The molecule has 5 heteroatoms. The Balaban J connectivity index is 1.26. The Morgan fingerprint density at radius 2 is 1.87 bits per heavy atom. The lowest BCUT2D eigenvalue weighted by atomic mass is 10.0. The minimum Gasteiger partial charge on any atom is -0.353 e. The van der Waals surface area contributed by atoms with E-state index in [2.05, 4.69) is 45.5 Å². The molecule has 0 bridgehead atoms. The number of benzene rings is 2. The number of hydrogen-bond donors (Lipinski definition) is 2. The van der Waals surface area contributed by atoms with Crippen molar-refractivity contribution in [1.82, 2.24) is 15.2 Å². The number of nitrogens with zero attached hydrogens (tertiary/aromatic N) is 1. The Labute approximate surface area is 177 Å². The second-order valence-electron chi connectivity index (χ2n) is 8.32. The first kappa shape index (κ1) is 20.4. The third kappa shape index (κ3) is 5.16. The average molecular weight is 404 g/mol. The number of amides is 1. The lowest BCUT2D eigenvalue weighted by molar-refractivity contribution is -0.122. The van der Waals surface area contributed by atoms with Crippen LogP contribution < -0.4 is 10.9 Å². The fraction of sp³-hybridized carbons (Fsp3) is 0.360. The zero-order valence-corrected chi connectivity index (χ0v) is 17.5. The lowest BCUT2D eigenvalue weighted by Crippen LogP contribution is -2.44. The van der Waals surface area contributed by atoms with Gasteiger partial charge in [0, 0.05) is 43.2 Å². The van der Waals surface area contributed by atoms with Crippen molar-refractivity contribution in [3.05, 3.63) is 81.6 Å². The molecule has 1 amide bonds. The van der Waals surface area contributed by atoms with Crippen LogP contribution in [0.4, 0.5) is 0 Å². The van der Waals surface area contributed by atoms with Crippen molar-refractivity contribution in [2.45, 2.75) is 45.2 Å². The Kier molecular flexibility index (Phi) is 6.29. The summed E-state index contributed by atoms with van der Waals surface area (Å²) < 4.78 is 0. The standard InChI is InChI=1S/C25H29N3O2/c1-18-7-9-23-21(15-18)16-20(25(30)27-23)8-10-24(29)26-22-11-13-28(14-12-22)17-19-5-3-2-4-6-19/h2-7,9,15-16,22H,8,10-14,17H2,1H3,(H,26,29)(H,27,30). The molecule has 156 valence electrons. The van der Waals surface area contributed by atoms with E-state index in [1.807, 2.05) is 31.2 Å². The number of hydrogen-bond acceptors (Lipinski definition) is 3. The smallest absolute Gasteiger partial charge is 0.251 e. The molecule has 2 aromatic carbocycles. The minimum atomic E-state index is -0.103. The maximum Gasteiger partial charge on any atom is 0.251 e. The van der Waals surface area contributed by atoms with Gasteiger partial charge in [-0.1, -0.05) is 42.0 Å². The third-order valence-electron chi connectivity index (χ3n) is 5.90. The zero-order valence-electron chi connectivity index (χ0n) is 17.5. The number of rotatable bonds is 6. The van der Waals surface area contributed by atoms with E-state index >= 15 is 0 Å². The molecule has 1 aliphatic rings. The second-order valence-corrected chi connectivity index (χ2v) is 8.32. The van der Waals surface area contributed by atoms with Crippen LogP contribution in [0.5, 0.6) is 0 Å². The van der Waals surface area contributed by atoms with E-state index in [4.69, 9.17) is 0 Å². The first-order valence-corrected chi connectivity index (χ1v) is 10.7. The van der Waals surface area contributed by atoms with Crippen LogP contribution in [0.15, 0.2) is 59.4 Å². The van der Waals surface area contributed by atoms with Gasteiger partial charge in [0.25, 0.3) is 5.56 Å². The number of likely N-dealkylation sites (tertiary alicyclic amines) is 1. The topological polar surface area (TPSA) is 65.2 Å². The number of fused-ring (bicyclic) bond motifs is 1. The Hall–Kier alpha value is -2.92. The van der Waals surface area contributed by atoms with Crippen LogP contribution >= 0.6 is 0 Å². The number of carbonyl (C=O) groups excluding carboxylic acids is 1. The number of H-pyrrole nitrogens is 1. The molecule has 0 aliphatic carbocycles. The Morgan fingerprint density at radius 3 is 2.63 bits per heavy atom. The van der Waals surface area contributed by atoms with Crippen LogP contribution in [0.1, 0.15) is 36.0 Å². The fourth-order valence-electron chi connectivity index (χ4n) is 4.18. The van der Waals surface area contributed by atoms with E-state index in [9.17, 15) is 9.59 Å². The SMILES string of the molecule is Cc1ccc2[nH]c(=O)c(CCC(=O)NC3CCN(Cc4ccccc4)CC3)cc2c1. The summed E-state index contributed by atoms with van der Waals surface area (Å²) in [5.41, 5.74) is 3.88. The summed E-state index contributed by atoms with van der Waals surface area (Å²) in [6.07, 6.45) is 2.73. The number of carbonyl (C=O) groups is 1. The van der Waals surface area contributed by atoms with E-state index in [-0.39, 0.29) is 17.5 Å². The van der Waals surface area contributed by atoms with Crippen LogP contribution in [-0.4, -0.2) is 34.9 Å². The number of aromatic amines is 1. The van der Waals surface area contributed by atoms with Gasteiger partial charge in [-0.05, 0) is 55.3 Å². The molecule has 5 nitrogen and oxygen atoms in total. The predicted octanol–water partition coefficient (Wildman–Crippen LogP) is 3.55. The highest BCUT2D eigenvalue weighted by Gasteiger charge is 2.20. The number of nitrogens with one attached hydrogen (secondary N) is 2. The predicted molar refractivity (Wildman–Crippen MR) is 121 cm³/mol. The van der Waals surface area contributed by atoms with Gasteiger partial charge in [-0.25, -0.2) is 0 Å². The van der Waals surface area contributed by atoms with E-state index in [1.165, 1.54) is 5.56 Å². The Bertz CT molecular complexity index is 1070. The maximum atomic E-state index is 12.4. The van der Waals surface area contributed by atoms with Gasteiger partial charge < -0.3 is 10.3 Å². The molecule has 30 heavy (non-hydrogen) atoms. The average Bonchev–Trinajstić information content (AvgIpc) is 2.75. The maximum absolute atomic E-state index is 12.4. The normalized spacial score (nSPS) is 15.4. The quantitative estimate of drug-likeness (QED) is 0.662. The van der Waals surface area contributed by atoms with Crippen molar-refractivity contribution in [1.29, 1.82) is 0 Å². The van der Waals surface area contributed by atoms with Crippen molar-refractivity contribution in [2.75, 3.05) is 13.1 Å². The molecule has 0 radical (unpaired) electrons. The molecule has 0 spiro atoms. The highest BCUT2D eigenvalue weighted by Crippen LogP contribution is 2.15. The molecule has 1 saturated heterocycles. The van der Waals surface area contributed by atoms with Gasteiger partial charge >= 0.3 is 0 Å². The molecule has 2 N–H and O–H groups in total. The molecule has 1 fully saturated rings. The van der Waals surface area contributed by atoms with Crippen molar-refractivity contribution < 1.29 is 4.79 Å². The van der Waals surface area contributed by atoms with Gasteiger partial charge in [0.05, 0.1) is 0 Å². The van der Waals surface area contributed by atoms with Crippen molar-refractivity contribution in [3.63, 3.8) is 0 Å². The van der Waals surface area contributed by atoms with E-state index < -0.39 is 0 Å². The molecule has 1 aliphatic heterocycles. The molecule has 0 unspecified atom stereocenters. The molecule has 4 rings (SSSR count).